The second kappa shape index (κ2) is 8.57. The molecule has 5 nitrogen and oxygen atoms in total. The van der Waals surface area contributed by atoms with E-state index >= 15 is 0 Å². The lowest BCUT2D eigenvalue weighted by atomic mass is 10.0. The molecule has 0 spiro atoms. The van der Waals surface area contributed by atoms with Crippen molar-refractivity contribution >= 4 is 28.8 Å². The third kappa shape index (κ3) is 4.50. The molecule has 1 N–H and O–H groups in total. The standard InChI is InChI=1S/C21H27N3O2S/c1-15(2)23(3)21(26)17-7-4-5-8-18(17)24-12-10-16(11-13-24)22-20(25)19-9-6-14-27-19/h4-9,14-16H,10-13H2,1-3H3,(H,22,25). The summed E-state index contributed by atoms with van der Waals surface area (Å²) in [6, 6.07) is 11.9. The van der Waals surface area contributed by atoms with E-state index in [2.05, 4.69) is 10.2 Å². The van der Waals surface area contributed by atoms with Gasteiger partial charge in [0.05, 0.1) is 10.4 Å². The van der Waals surface area contributed by atoms with Crippen LogP contribution in [-0.4, -0.2) is 48.9 Å². The Balaban J connectivity index is 1.64. The number of piperidine rings is 1. The van der Waals surface area contributed by atoms with Crippen molar-refractivity contribution in [1.82, 2.24) is 10.2 Å². The van der Waals surface area contributed by atoms with Crippen molar-refractivity contribution in [2.24, 2.45) is 0 Å². The molecule has 0 aliphatic carbocycles. The number of hydrogen-bond acceptors (Lipinski definition) is 4. The van der Waals surface area contributed by atoms with E-state index in [-0.39, 0.29) is 23.9 Å². The molecule has 144 valence electrons. The maximum absolute atomic E-state index is 12.8. The van der Waals surface area contributed by atoms with Gasteiger partial charge in [-0.2, -0.15) is 0 Å². The minimum atomic E-state index is 0.0117. The predicted molar refractivity (Wildman–Crippen MR) is 111 cm³/mol. The number of thiophene rings is 1. The maximum atomic E-state index is 12.8. The molecule has 0 atom stereocenters. The molecule has 1 fully saturated rings. The van der Waals surface area contributed by atoms with Gasteiger partial charge in [-0.3, -0.25) is 9.59 Å². The van der Waals surface area contributed by atoms with Gasteiger partial charge in [0.15, 0.2) is 0 Å². The molecule has 2 heterocycles. The number of para-hydroxylation sites is 1. The van der Waals surface area contributed by atoms with Crippen LogP contribution in [0.1, 0.15) is 46.7 Å². The molecule has 1 saturated heterocycles. The molecule has 0 saturated carbocycles. The number of carbonyl (C=O) groups excluding carboxylic acids is 2. The van der Waals surface area contributed by atoms with Crippen molar-refractivity contribution in [2.75, 3.05) is 25.0 Å². The summed E-state index contributed by atoms with van der Waals surface area (Å²) in [6.45, 7) is 5.68. The maximum Gasteiger partial charge on any atom is 0.261 e. The van der Waals surface area contributed by atoms with Crippen LogP contribution in [0.15, 0.2) is 41.8 Å². The van der Waals surface area contributed by atoms with Crippen molar-refractivity contribution in [2.45, 2.75) is 38.8 Å². The van der Waals surface area contributed by atoms with E-state index in [9.17, 15) is 9.59 Å². The van der Waals surface area contributed by atoms with Crippen LogP contribution in [0.2, 0.25) is 0 Å². The average Bonchev–Trinajstić information content (AvgIpc) is 3.22. The average molecular weight is 386 g/mol. The van der Waals surface area contributed by atoms with Crippen molar-refractivity contribution < 1.29 is 9.59 Å². The number of carbonyl (C=O) groups is 2. The van der Waals surface area contributed by atoms with Crippen LogP contribution in [0, 0.1) is 0 Å². The third-order valence-electron chi connectivity index (χ3n) is 5.15. The summed E-state index contributed by atoms with van der Waals surface area (Å²) < 4.78 is 0. The van der Waals surface area contributed by atoms with E-state index in [0.29, 0.717) is 0 Å². The molecule has 1 aliphatic heterocycles. The molecular formula is C21H27N3O2S. The highest BCUT2D eigenvalue weighted by molar-refractivity contribution is 7.12. The topological polar surface area (TPSA) is 52.7 Å². The second-order valence-electron chi connectivity index (χ2n) is 7.24. The molecule has 1 aromatic carbocycles. The highest BCUT2D eigenvalue weighted by Crippen LogP contribution is 2.26. The van der Waals surface area contributed by atoms with Crippen LogP contribution in [-0.2, 0) is 0 Å². The van der Waals surface area contributed by atoms with Gasteiger partial charge in [-0.1, -0.05) is 18.2 Å². The SMILES string of the molecule is CC(C)N(C)C(=O)c1ccccc1N1CCC(NC(=O)c2cccs2)CC1. The van der Waals surface area contributed by atoms with Crippen molar-refractivity contribution in [1.29, 1.82) is 0 Å². The van der Waals surface area contributed by atoms with Crippen LogP contribution in [0.25, 0.3) is 0 Å². The summed E-state index contributed by atoms with van der Waals surface area (Å²) in [5.41, 5.74) is 1.73. The van der Waals surface area contributed by atoms with Crippen LogP contribution >= 0.6 is 11.3 Å². The number of amides is 2. The van der Waals surface area contributed by atoms with Gasteiger partial charge >= 0.3 is 0 Å². The number of benzene rings is 1. The summed E-state index contributed by atoms with van der Waals surface area (Å²) in [4.78, 5) is 29.9. The van der Waals surface area contributed by atoms with Gasteiger partial charge in [-0.15, -0.1) is 11.3 Å². The molecular weight excluding hydrogens is 358 g/mol. The Labute approximate surface area is 165 Å². The Bertz CT molecular complexity index is 780. The van der Waals surface area contributed by atoms with Gasteiger partial charge < -0.3 is 15.1 Å². The first-order valence-electron chi connectivity index (χ1n) is 9.43. The fourth-order valence-corrected chi connectivity index (χ4v) is 3.91. The van der Waals surface area contributed by atoms with Crippen molar-refractivity contribution in [3.63, 3.8) is 0 Å². The number of hydrogen-bond donors (Lipinski definition) is 1. The number of nitrogens with zero attached hydrogens (tertiary/aromatic N) is 2. The minimum Gasteiger partial charge on any atom is -0.371 e. The van der Waals surface area contributed by atoms with Crippen molar-refractivity contribution in [3.8, 4) is 0 Å². The Morgan fingerprint density at radius 1 is 1.15 bits per heavy atom. The normalized spacial score (nSPS) is 15.0. The quantitative estimate of drug-likeness (QED) is 0.855. The van der Waals surface area contributed by atoms with Gasteiger partial charge in [0, 0.05) is 37.9 Å². The largest absolute Gasteiger partial charge is 0.371 e. The molecule has 1 aliphatic rings. The predicted octanol–water partition coefficient (Wildman–Crippen LogP) is 3.63. The van der Waals surface area contributed by atoms with Crippen molar-refractivity contribution in [3.05, 3.63) is 52.2 Å². The Morgan fingerprint density at radius 2 is 1.85 bits per heavy atom. The van der Waals surface area contributed by atoms with E-state index in [1.54, 1.807) is 4.90 Å². The van der Waals surface area contributed by atoms with E-state index in [1.807, 2.05) is 62.7 Å². The number of nitrogens with one attached hydrogen (secondary N) is 1. The van der Waals surface area contributed by atoms with Gasteiger partial charge in [0.25, 0.3) is 11.8 Å². The lowest BCUT2D eigenvalue weighted by Crippen LogP contribution is -2.45. The third-order valence-corrected chi connectivity index (χ3v) is 6.01. The zero-order valence-electron chi connectivity index (χ0n) is 16.1. The van der Waals surface area contributed by atoms with Gasteiger partial charge in [0.2, 0.25) is 0 Å². The van der Waals surface area contributed by atoms with E-state index < -0.39 is 0 Å². The lowest BCUT2D eigenvalue weighted by molar-refractivity contribution is 0.0755. The number of rotatable bonds is 5. The first-order valence-corrected chi connectivity index (χ1v) is 10.3. The molecule has 2 amide bonds. The minimum absolute atomic E-state index is 0.0117. The summed E-state index contributed by atoms with van der Waals surface area (Å²) >= 11 is 1.46. The molecule has 0 bridgehead atoms. The number of anilines is 1. The molecule has 0 radical (unpaired) electrons. The Hall–Kier alpha value is -2.34. The monoisotopic (exact) mass is 385 g/mol. The summed E-state index contributed by atoms with van der Waals surface area (Å²) in [5.74, 6) is 0.0614. The van der Waals surface area contributed by atoms with Crippen LogP contribution in [0.5, 0.6) is 0 Å². The first kappa shape index (κ1) is 19.4. The van der Waals surface area contributed by atoms with Gasteiger partial charge in [-0.05, 0) is 50.3 Å². The first-order chi connectivity index (χ1) is 13.0. The molecule has 2 aromatic rings. The van der Waals surface area contributed by atoms with E-state index in [0.717, 1.165) is 42.1 Å². The zero-order valence-corrected chi connectivity index (χ0v) is 17.0. The zero-order chi connectivity index (χ0) is 19.4. The van der Waals surface area contributed by atoms with Gasteiger partial charge in [0.1, 0.15) is 0 Å². The summed E-state index contributed by atoms with van der Waals surface area (Å²) in [6.07, 6.45) is 1.75. The van der Waals surface area contributed by atoms with E-state index in [1.165, 1.54) is 11.3 Å². The molecule has 27 heavy (non-hydrogen) atoms. The van der Waals surface area contributed by atoms with Crippen LogP contribution in [0.4, 0.5) is 5.69 Å². The highest BCUT2D eigenvalue weighted by atomic mass is 32.1. The molecule has 0 unspecified atom stereocenters. The summed E-state index contributed by atoms with van der Waals surface area (Å²) in [5, 5.41) is 5.05. The Kier molecular flexibility index (Phi) is 6.16. The smallest absolute Gasteiger partial charge is 0.261 e. The molecule has 3 rings (SSSR count). The van der Waals surface area contributed by atoms with Crippen LogP contribution in [0.3, 0.4) is 0 Å². The lowest BCUT2D eigenvalue weighted by Gasteiger charge is -2.35. The molecule has 1 aromatic heterocycles. The van der Waals surface area contributed by atoms with E-state index in [4.69, 9.17) is 0 Å². The summed E-state index contributed by atoms with van der Waals surface area (Å²) in [7, 11) is 1.84. The highest BCUT2D eigenvalue weighted by Gasteiger charge is 2.25. The second-order valence-corrected chi connectivity index (χ2v) is 8.19. The van der Waals surface area contributed by atoms with Gasteiger partial charge in [-0.25, -0.2) is 0 Å². The fraction of sp³-hybridized carbons (Fsp3) is 0.429. The Morgan fingerprint density at radius 3 is 2.48 bits per heavy atom. The fourth-order valence-electron chi connectivity index (χ4n) is 3.28. The molecule has 6 heteroatoms. The van der Waals surface area contributed by atoms with Crippen LogP contribution < -0.4 is 10.2 Å².